The van der Waals surface area contributed by atoms with Gasteiger partial charge >= 0.3 is 5.97 Å². The number of allylic oxidation sites excluding steroid dienone is 1. The summed E-state index contributed by atoms with van der Waals surface area (Å²) in [5, 5.41) is 8.90. The number of hydrogen-bond acceptors (Lipinski definition) is 3. The summed E-state index contributed by atoms with van der Waals surface area (Å²) in [6, 6.07) is 14.7. The first-order valence-corrected chi connectivity index (χ1v) is 7.37. The topological polar surface area (TPSA) is 63.6 Å². The first-order valence-electron chi connectivity index (χ1n) is 7.37. The van der Waals surface area contributed by atoms with E-state index in [-0.39, 0.29) is 5.78 Å². The molecule has 0 saturated carbocycles. The summed E-state index contributed by atoms with van der Waals surface area (Å²) in [7, 11) is 0. The van der Waals surface area contributed by atoms with Gasteiger partial charge in [-0.3, -0.25) is 4.79 Å². The molecule has 1 atom stereocenters. The standard InChI is InChI=1S/C19H16O4/c1-12(19(21)22)23-16-7-4-5-13(10-16)9-15-11-14-6-2-3-8-17(14)18(15)20/h2-10,12H,11H2,1H3,(H,21,22)/b15-9+. The summed E-state index contributed by atoms with van der Waals surface area (Å²) >= 11 is 0. The summed E-state index contributed by atoms with van der Waals surface area (Å²) in [5.74, 6) is -0.502. The number of benzene rings is 2. The van der Waals surface area contributed by atoms with E-state index in [0.29, 0.717) is 12.2 Å². The lowest BCUT2D eigenvalue weighted by molar-refractivity contribution is -0.144. The molecule has 2 aromatic carbocycles. The van der Waals surface area contributed by atoms with Crippen LogP contribution in [0.3, 0.4) is 0 Å². The van der Waals surface area contributed by atoms with Gasteiger partial charge in [-0.25, -0.2) is 4.79 Å². The van der Waals surface area contributed by atoms with E-state index in [1.807, 2.05) is 36.4 Å². The van der Waals surface area contributed by atoms with Crippen LogP contribution in [0.2, 0.25) is 0 Å². The fraction of sp³-hybridized carbons (Fsp3) is 0.158. The Bertz CT molecular complexity index is 805. The molecule has 2 aromatic rings. The fourth-order valence-electron chi connectivity index (χ4n) is 2.60. The lowest BCUT2D eigenvalue weighted by atomic mass is 10.1. The molecule has 0 fully saturated rings. The molecule has 3 rings (SSSR count). The van der Waals surface area contributed by atoms with Crippen molar-refractivity contribution in [2.45, 2.75) is 19.4 Å². The van der Waals surface area contributed by atoms with E-state index in [4.69, 9.17) is 9.84 Å². The first kappa shape index (κ1) is 15.0. The zero-order valence-electron chi connectivity index (χ0n) is 12.7. The number of carbonyl (C=O) groups is 2. The van der Waals surface area contributed by atoms with Gasteiger partial charge in [0.2, 0.25) is 0 Å². The Balaban J connectivity index is 1.84. The lowest BCUT2D eigenvalue weighted by Gasteiger charge is -2.10. The molecule has 0 saturated heterocycles. The highest BCUT2D eigenvalue weighted by molar-refractivity contribution is 6.15. The highest BCUT2D eigenvalue weighted by Gasteiger charge is 2.23. The third-order valence-corrected chi connectivity index (χ3v) is 3.79. The van der Waals surface area contributed by atoms with Crippen LogP contribution in [0.15, 0.2) is 54.1 Å². The molecule has 1 aliphatic rings. The average molecular weight is 308 g/mol. The van der Waals surface area contributed by atoms with Crippen LogP contribution in [-0.2, 0) is 11.2 Å². The second kappa shape index (κ2) is 6.08. The maximum absolute atomic E-state index is 12.4. The van der Waals surface area contributed by atoms with Gasteiger partial charge in [-0.05, 0) is 36.3 Å². The van der Waals surface area contributed by atoms with E-state index in [9.17, 15) is 9.59 Å². The molecule has 4 nitrogen and oxygen atoms in total. The molecule has 0 amide bonds. The smallest absolute Gasteiger partial charge is 0.344 e. The molecule has 0 aliphatic heterocycles. The molecule has 4 heteroatoms. The molecule has 0 bridgehead atoms. The number of ether oxygens (including phenoxy) is 1. The van der Waals surface area contributed by atoms with Crippen molar-refractivity contribution in [3.8, 4) is 5.75 Å². The quantitative estimate of drug-likeness (QED) is 0.880. The molecular weight excluding hydrogens is 292 g/mol. The molecule has 116 valence electrons. The monoisotopic (exact) mass is 308 g/mol. The van der Waals surface area contributed by atoms with Gasteiger partial charge in [-0.15, -0.1) is 0 Å². The molecule has 23 heavy (non-hydrogen) atoms. The van der Waals surface area contributed by atoms with Crippen LogP contribution in [-0.4, -0.2) is 23.0 Å². The molecule has 0 heterocycles. The van der Waals surface area contributed by atoms with Crippen molar-refractivity contribution in [1.29, 1.82) is 0 Å². The van der Waals surface area contributed by atoms with Gasteiger partial charge < -0.3 is 9.84 Å². The Labute approximate surface area is 134 Å². The number of carbonyl (C=O) groups excluding carboxylic acids is 1. The van der Waals surface area contributed by atoms with E-state index in [0.717, 1.165) is 22.3 Å². The number of rotatable bonds is 4. The second-order valence-corrected chi connectivity index (χ2v) is 5.50. The van der Waals surface area contributed by atoms with Crippen molar-refractivity contribution in [3.05, 3.63) is 70.8 Å². The number of fused-ring (bicyclic) bond motifs is 1. The molecule has 0 radical (unpaired) electrons. The predicted molar refractivity (Wildman–Crippen MR) is 86.6 cm³/mol. The molecule has 0 aromatic heterocycles. The number of aliphatic carboxylic acids is 1. The van der Waals surface area contributed by atoms with Gasteiger partial charge in [0.15, 0.2) is 11.9 Å². The van der Waals surface area contributed by atoms with Crippen molar-refractivity contribution in [3.63, 3.8) is 0 Å². The maximum Gasteiger partial charge on any atom is 0.344 e. The van der Waals surface area contributed by atoms with Crippen molar-refractivity contribution < 1.29 is 19.4 Å². The minimum atomic E-state index is -1.02. The third kappa shape index (κ3) is 3.16. The van der Waals surface area contributed by atoms with E-state index in [2.05, 4.69) is 0 Å². The Kier molecular flexibility index (Phi) is 3.98. The molecule has 1 unspecified atom stereocenters. The third-order valence-electron chi connectivity index (χ3n) is 3.79. The van der Waals surface area contributed by atoms with Gasteiger partial charge in [0.25, 0.3) is 0 Å². The fourth-order valence-corrected chi connectivity index (χ4v) is 2.60. The number of ketones is 1. The summed E-state index contributed by atoms with van der Waals surface area (Å²) in [5.41, 5.74) is 3.34. The van der Waals surface area contributed by atoms with E-state index >= 15 is 0 Å². The molecule has 0 spiro atoms. The Morgan fingerprint density at radius 1 is 1.22 bits per heavy atom. The molecule has 1 aliphatic carbocycles. The van der Waals surface area contributed by atoms with Crippen molar-refractivity contribution >= 4 is 17.8 Å². The first-order chi connectivity index (χ1) is 11.0. The normalized spacial score (nSPS) is 16.2. The Morgan fingerprint density at radius 3 is 2.74 bits per heavy atom. The van der Waals surface area contributed by atoms with Gasteiger partial charge in [0.05, 0.1) is 0 Å². The Hall–Kier alpha value is -2.88. The molecule has 1 N–H and O–H groups in total. The zero-order chi connectivity index (χ0) is 16.4. The lowest BCUT2D eigenvalue weighted by Crippen LogP contribution is -2.22. The number of carboxylic acids is 1. The molecular formula is C19H16O4. The van der Waals surface area contributed by atoms with Gasteiger partial charge in [0, 0.05) is 17.6 Å². The summed E-state index contributed by atoms with van der Waals surface area (Å²) in [6.07, 6.45) is 1.53. The van der Waals surface area contributed by atoms with Crippen LogP contribution in [0.4, 0.5) is 0 Å². The van der Waals surface area contributed by atoms with E-state index in [1.165, 1.54) is 6.92 Å². The number of Topliss-reactive ketones (excluding diaryl/α,β-unsaturated/α-hetero) is 1. The number of carboxylic acid groups (broad SMARTS) is 1. The minimum Gasteiger partial charge on any atom is -0.479 e. The Morgan fingerprint density at radius 2 is 2.00 bits per heavy atom. The second-order valence-electron chi connectivity index (χ2n) is 5.50. The number of hydrogen-bond donors (Lipinski definition) is 1. The maximum atomic E-state index is 12.4. The average Bonchev–Trinajstić information content (AvgIpc) is 2.84. The van der Waals surface area contributed by atoms with Gasteiger partial charge in [0.1, 0.15) is 5.75 Å². The van der Waals surface area contributed by atoms with Crippen LogP contribution in [0.1, 0.15) is 28.4 Å². The van der Waals surface area contributed by atoms with Crippen LogP contribution in [0, 0.1) is 0 Å². The van der Waals surface area contributed by atoms with Crippen LogP contribution < -0.4 is 4.74 Å². The van der Waals surface area contributed by atoms with Crippen LogP contribution >= 0.6 is 0 Å². The van der Waals surface area contributed by atoms with Crippen LogP contribution in [0.25, 0.3) is 6.08 Å². The summed E-state index contributed by atoms with van der Waals surface area (Å²) in [6.45, 7) is 1.48. The van der Waals surface area contributed by atoms with E-state index < -0.39 is 12.1 Å². The largest absolute Gasteiger partial charge is 0.479 e. The highest BCUT2D eigenvalue weighted by atomic mass is 16.5. The van der Waals surface area contributed by atoms with Gasteiger partial charge in [-0.1, -0.05) is 36.4 Å². The zero-order valence-corrected chi connectivity index (χ0v) is 12.7. The summed E-state index contributed by atoms with van der Waals surface area (Å²) < 4.78 is 5.36. The summed E-state index contributed by atoms with van der Waals surface area (Å²) in [4.78, 5) is 23.2. The van der Waals surface area contributed by atoms with Crippen molar-refractivity contribution in [2.75, 3.05) is 0 Å². The van der Waals surface area contributed by atoms with Crippen LogP contribution in [0.5, 0.6) is 5.75 Å². The van der Waals surface area contributed by atoms with Gasteiger partial charge in [-0.2, -0.15) is 0 Å². The highest BCUT2D eigenvalue weighted by Crippen LogP contribution is 2.28. The SMILES string of the molecule is CC(Oc1cccc(/C=C2\Cc3ccccc3C2=O)c1)C(=O)O. The minimum absolute atomic E-state index is 0.0471. The van der Waals surface area contributed by atoms with Crippen molar-refractivity contribution in [2.24, 2.45) is 0 Å². The predicted octanol–water partition coefficient (Wildman–Crippen LogP) is 3.36. The van der Waals surface area contributed by atoms with Crippen molar-refractivity contribution in [1.82, 2.24) is 0 Å². The van der Waals surface area contributed by atoms with E-state index in [1.54, 1.807) is 18.2 Å².